The molecule has 2 amide bonds. The zero-order valence-electron chi connectivity index (χ0n) is 11.1. The van der Waals surface area contributed by atoms with Gasteiger partial charge in [-0.25, -0.2) is 9.59 Å². The van der Waals surface area contributed by atoms with Crippen LogP contribution in [0.15, 0.2) is 0 Å². The zero-order chi connectivity index (χ0) is 14.5. The van der Waals surface area contributed by atoms with Gasteiger partial charge in [-0.15, -0.1) is 0 Å². The highest BCUT2D eigenvalue weighted by Crippen LogP contribution is 2.24. The molecule has 0 saturated carbocycles. The molecule has 0 saturated heterocycles. The molecule has 0 aromatic heterocycles. The number of carboxylic acids is 1. The lowest BCUT2D eigenvalue weighted by molar-refractivity contribution is -0.150. The molecule has 18 heavy (non-hydrogen) atoms. The predicted molar refractivity (Wildman–Crippen MR) is 63.8 cm³/mol. The van der Waals surface area contributed by atoms with Crippen LogP contribution in [0.25, 0.3) is 0 Å². The van der Waals surface area contributed by atoms with Crippen molar-refractivity contribution in [1.82, 2.24) is 4.90 Å². The predicted octanol–water partition coefficient (Wildman–Crippen LogP) is 0.430. The van der Waals surface area contributed by atoms with Gasteiger partial charge in [-0.1, -0.05) is 20.8 Å². The van der Waals surface area contributed by atoms with Gasteiger partial charge in [-0.2, -0.15) is 0 Å². The Morgan fingerprint density at radius 1 is 1.33 bits per heavy atom. The van der Waals surface area contributed by atoms with Gasteiger partial charge in [0.25, 0.3) is 0 Å². The number of carbonyl (C=O) groups excluding carboxylic acids is 2. The van der Waals surface area contributed by atoms with Crippen molar-refractivity contribution in [2.75, 3.05) is 13.2 Å². The number of primary amides is 1. The van der Waals surface area contributed by atoms with E-state index in [1.165, 1.54) is 0 Å². The second kappa shape index (κ2) is 6.23. The summed E-state index contributed by atoms with van der Waals surface area (Å²) in [6, 6.07) is -2.16. The molecule has 0 unspecified atom stereocenters. The van der Waals surface area contributed by atoms with E-state index in [2.05, 4.69) is 4.74 Å². The van der Waals surface area contributed by atoms with Crippen molar-refractivity contribution in [1.29, 1.82) is 0 Å². The van der Waals surface area contributed by atoms with Gasteiger partial charge in [0.2, 0.25) is 0 Å². The van der Waals surface area contributed by atoms with Gasteiger partial charge in [0.05, 0.1) is 6.61 Å². The molecular weight excluding hydrogens is 240 g/mol. The number of nitrogens with zero attached hydrogens (tertiary/aromatic N) is 1. The number of nitrogens with two attached hydrogens (primary N) is 1. The number of urea groups is 1. The number of aliphatic carboxylic acids is 1. The highest BCUT2D eigenvalue weighted by Gasteiger charge is 2.39. The van der Waals surface area contributed by atoms with E-state index in [9.17, 15) is 14.4 Å². The minimum atomic E-state index is -1.22. The fourth-order valence-electron chi connectivity index (χ4n) is 1.61. The van der Waals surface area contributed by atoms with E-state index < -0.39 is 36.0 Å². The summed E-state index contributed by atoms with van der Waals surface area (Å²) in [5.41, 5.74) is 4.38. The van der Waals surface area contributed by atoms with E-state index in [-0.39, 0.29) is 6.61 Å². The average molecular weight is 260 g/mol. The summed E-state index contributed by atoms with van der Waals surface area (Å²) < 4.78 is 4.68. The fourth-order valence-corrected chi connectivity index (χ4v) is 1.61. The number of rotatable bonds is 5. The summed E-state index contributed by atoms with van der Waals surface area (Å²) in [5, 5.41) is 9.17. The Bertz CT molecular complexity index is 335. The molecule has 0 aliphatic heterocycles. The third-order valence-electron chi connectivity index (χ3n) is 2.25. The topological polar surface area (TPSA) is 110 Å². The summed E-state index contributed by atoms with van der Waals surface area (Å²) in [6.07, 6.45) is 0. The molecule has 104 valence electrons. The van der Waals surface area contributed by atoms with Crippen molar-refractivity contribution < 1.29 is 24.2 Å². The number of carboxylic acid groups (broad SMARTS) is 1. The second-order valence-corrected chi connectivity index (χ2v) is 4.88. The van der Waals surface area contributed by atoms with Gasteiger partial charge in [0.1, 0.15) is 12.6 Å². The van der Waals surface area contributed by atoms with Gasteiger partial charge in [-0.3, -0.25) is 9.69 Å². The number of hydrogen-bond acceptors (Lipinski definition) is 4. The first-order valence-electron chi connectivity index (χ1n) is 5.55. The maximum absolute atomic E-state index is 11.3. The molecule has 7 nitrogen and oxygen atoms in total. The minimum Gasteiger partial charge on any atom is -0.480 e. The van der Waals surface area contributed by atoms with E-state index >= 15 is 0 Å². The summed E-state index contributed by atoms with van der Waals surface area (Å²) in [4.78, 5) is 34.7. The fraction of sp³-hybridized carbons (Fsp3) is 0.727. The Morgan fingerprint density at radius 2 is 1.83 bits per heavy atom. The van der Waals surface area contributed by atoms with E-state index in [1.54, 1.807) is 27.7 Å². The van der Waals surface area contributed by atoms with Gasteiger partial charge >= 0.3 is 18.0 Å². The number of ether oxygens (including phenoxy) is 1. The first-order chi connectivity index (χ1) is 8.11. The van der Waals surface area contributed by atoms with Crippen molar-refractivity contribution in [3.05, 3.63) is 0 Å². The SMILES string of the molecule is CCOC(=O)CN(C(N)=O)[C@H](C(=O)O)C(C)(C)C. The Kier molecular flexibility index (Phi) is 5.61. The Morgan fingerprint density at radius 3 is 2.11 bits per heavy atom. The van der Waals surface area contributed by atoms with Crippen molar-refractivity contribution in [3.8, 4) is 0 Å². The van der Waals surface area contributed by atoms with Crippen LogP contribution in [0.3, 0.4) is 0 Å². The molecule has 0 rings (SSSR count). The third-order valence-corrected chi connectivity index (χ3v) is 2.25. The maximum Gasteiger partial charge on any atom is 0.327 e. The van der Waals surface area contributed by atoms with Crippen LogP contribution in [-0.4, -0.2) is 47.2 Å². The molecule has 0 heterocycles. The standard InChI is InChI=1S/C11H20N2O5/c1-5-18-7(14)6-13(10(12)17)8(9(15)16)11(2,3)4/h8H,5-6H2,1-4H3,(H2,12,17)(H,15,16)/t8-/m1/s1. The smallest absolute Gasteiger partial charge is 0.327 e. The minimum absolute atomic E-state index is 0.151. The van der Waals surface area contributed by atoms with Crippen LogP contribution < -0.4 is 5.73 Å². The summed E-state index contributed by atoms with van der Waals surface area (Å²) in [7, 11) is 0. The third kappa shape index (κ3) is 4.60. The van der Waals surface area contributed by atoms with Crippen LogP contribution in [0.4, 0.5) is 4.79 Å². The molecule has 0 bridgehead atoms. The van der Waals surface area contributed by atoms with Crippen molar-refractivity contribution in [2.45, 2.75) is 33.7 Å². The van der Waals surface area contributed by atoms with Crippen molar-refractivity contribution in [3.63, 3.8) is 0 Å². The number of amides is 2. The van der Waals surface area contributed by atoms with E-state index in [1.807, 2.05) is 0 Å². The van der Waals surface area contributed by atoms with Gasteiger partial charge in [0.15, 0.2) is 0 Å². The molecule has 3 N–H and O–H groups in total. The normalized spacial score (nSPS) is 12.7. The monoisotopic (exact) mass is 260 g/mol. The Labute approximate surface area is 106 Å². The first kappa shape index (κ1) is 16.2. The maximum atomic E-state index is 11.3. The van der Waals surface area contributed by atoms with Crippen molar-refractivity contribution in [2.24, 2.45) is 11.1 Å². The van der Waals surface area contributed by atoms with Crippen LogP contribution in [0.2, 0.25) is 0 Å². The lowest BCUT2D eigenvalue weighted by Gasteiger charge is -2.35. The highest BCUT2D eigenvalue weighted by molar-refractivity contribution is 5.86. The molecule has 1 atom stereocenters. The van der Waals surface area contributed by atoms with Gasteiger partial charge < -0.3 is 15.6 Å². The van der Waals surface area contributed by atoms with Crippen LogP contribution in [0, 0.1) is 5.41 Å². The van der Waals surface area contributed by atoms with Gasteiger partial charge in [0, 0.05) is 0 Å². The number of esters is 1. The van der Waals surface area contributed by atoms with Crippen LogP contribution in [-0.2, 0) is 14.3 Å². The molecule has 0 aliphatic rings. The van der Waals surface area contributed by atoms with E-state index in [4.69, 9.17) is 10.8 Å². The second-order valence-electron chi connectivity index (χ2n) is 4.88. The van der Waals surface area contributed by atoms with E-state index in [0.29, 0.717) is 0 Å². The average Bonchev–Trinajstić information content (AvgIpc) is 2.13. The molecular formula is C11H20N2O5. The molecule has 0 aliphatic carbocycles. The first-order valence-corrected chi connectivity index (χ1v) is 5.55. The Balaban J connectivity index is 5.13. The Hall–Kier alpha value is -1.79. The van der Waals surface area contributed by atoms with Crippen LogP contribution >= 0.6 is 0 Å². The van der Waals surface area contributed by atoms with Crippen molar-refractivity contribution >= 4 is 18.0 Å². The summed E-state index contributed by atoms with van der Waals surface area (Å²) in [6.45, 7) is 6.23. The number of hydrogen-bond donors (Lipinski definition) is 2. The molecule has 0 fully saturated rings. The molecule has 0 radical (unpaired) electrons. The zero-order valence-corrected chi connectivity index (χ0v) is 11.1. The molecule has 0 aromatic carbocycles. The highest BCUT2D eigenvalue weighted by atomic mass is 16.5. The summed E-state index contributed by atoms with van der Waals surface area (Å²) >= 11 is 0. The summed E-state index contributed by atoms with van der Waals surface area (Å²) in [5.74, 6) is -1.91. The molecule has 0 spiro atoms. The lowest BCUT2D eigenvalue weighted by Crippen LogP contribution is -2.55. The quantitative estimate of drug-likeness (QED) is 0.696. The lowest BCUT2D eigenvalue weighted by atomic mass is 9.85. The van der Waals surface area contributed by atoms with Crippen LogP contribution in [0.5, 0.6) is 0 Å². The van der Waals surface area contributed by atoms with Crippen LogP contribution in [0.1, 0.15) is 27.7 Å². The molecule has 0 aromatic rings. The number of carbonyl (C=O) groups is 3. The van der Waals surface area contributed by atoms with Gasteiger partial charge in [-0.05, 0) is 12.3 Å². The molecule has 7 heteroatoms. The van der Waals surface area contributed by atoms with E-state index in [0.717, 1.165) is 4.90 Å². The largest absolute Gasteiger partial charge is 0.480 e.